The van der Waals surface area contributed by atoms with Crippen LogP contribution in [0.3, 0.4) is 0 Å². The molecule has 1 fully saturated rings. The van der Waals surface area contributed by atoms with Crippen LogP contribution in [-0.2, 0) is 4.79 Å². The molecule has 0 bridgehead atoms. The molecule has 0 amide bonds. The van der Waals surface area contributed by atoms with Gasteiger partial charge < -0.3 is 14.2 Å². The van der Waals surface area contributed by atoms with Gasteiger partial charge in [-0.05, 0) is 13.3 Å². The van der Waals surface area contributed by atoms with E-state index in [0.29, 0.717) is 23.7 Å². The number of ketones is 1. The Morgan fingerprint density at radius 2 is 1.68 bits per heavy atom. The summed E-state index contributed by atoms with van der Waals surface area (Å²) in [5.41, 5.74) is -0.365. The van der Waals surface area contributed by atoms with Crippen molar-refractivity contribution in [1.82, 2.24) is 0 Å². The predicted molar refractivity (Wildman–Crippen MR) is 72.0 cm³/mol. The van der Waals surface area contributed by atoms with Crippen LogP contribution in [0.1, 0.15) is 26.7 Å². The molecule has 0 aromatic heterocycles. The van der Waals surface area contributed by atoms with Gasteiger partial charge in [-0.2, -0.15) is 0 Å². The summed E-state index contributed by atoms with van der Waals surface area (Å²) >= 11 is 0. The lowest BCUT2D eigenvalue weighted by Gasteiger charge is -2.44. The van der Waals surface area contributed by atoms with E-state index in [1.165, 1.54) is 0 Å². The summed E-state index contributed by atoms with van der Waals surface area (Å²) in [5, 5.41) is 0. The molecule has 0 radical (unpaired) electrons. The molecular weight excluding hydrogens is 244 g/mol. The highest BCUT2D eigenvalue weighted by Crippen LogP contribution is 2.43. The van der Waals surface area contributed by atoms with E-state index in [0.717, 1.165) is 6.42 Å². The first kappa shape index (κ1) is 13.7. The van der Waals surface area contributed by atoms with E-state index in [2.05, 4.69) is 0 Å². The van der Waals surface area contributed by atoms with Gasteiger partial charge in [-0.3, -0.25) is 4.79 Å². The van der Waals surface area contributed by atoms with Crippen LogP contribution >= 0.6 is 0 Å². The first-order chi connectivity index (χ1) is 9.03. The van der Waals surface area contributed by atoms with Gasteiger partial charge in [0.15, 0.2) is 0 Å². The quantitative estimate of drug-likeness (QED) is 0.820. The van der Waals surface area contributed by atoms with Crippen LogP contribution in [0.4, 0.5) is 0 Å². The van der Waals surface area contributed by atoms with E-state index >= 15 is 0 Å². The molecule has 1 aliphatic rings. The fraction of sp³-hybridized carbons (Fsp3) is 0.533. The Bertz CT molecular complexity index is 461. The van der Waals surface area contributed by atoms with Gasteiger partial charge in [0.25, 0.3) is 0 Å². The molecule has 0 aliphatic heterocycles. The minimum Gasteiger partial charge on any atom is -0.496 e. The first-order valence-corrected chi connectivity index (χ1v) is 6.46. The van der Waals surface area contributed by atoms with Crippen molar-refractivity contribution in [3.8, 4) is 17.2 Å². The third kappa shape index (κ3) is 2.39. The zero-order valence-corrected chi connectivity index (χ0v) is 11.9. The smallest absolute Gasteiger partial charge is 0.146 e. The number of carbonyl (C=O) groups excluding carboxylic acids is 1. The number of hydrogen-bond acceptors (Lipinski definition) is 4. The lowest BCUT2D eigenvalue weighted by Crippen LogP contribution is -2.54. The molecule has 1 aromatic carbocycles. The molecule has 0 saturated heterocycles. The summed E-state index contributed by atoms with van der Waals surface area (Å²) in [5.74, 6) is 2.31. The number of ether oxygens (including phenoxy) is 3. The van der Waals surface area contributed by atoms with Crippen LogP contribution in [0.5, 0.6) is 17.2 Å². The SMILES string of the molecule is CCC1(C)C(=O)CC1Oc1cc(OC)cc(OC)c1. The lowest BCUT2D eigenvalue weighted by atomic mass is 9.64. The van der Waals surface area contributed by atoms with Gasteiger partial charge in [0, 0.05) is 24.6 Å². The van der Waals surface area contributed by atoms with Gasteiger partial charge in [0.1, 0.15) is 29.1 Å². The van der Waals surface area contributed by atoms with Crippen molar-refractivity contribution in [2.45, 2.75) is 32.8 Å². The molecular formula is C15H20O4. The van der Waals surface area contributed by atoms with Crippen LogP contribution in [0.15, 0.2) is 18.2 Å². The highest BCUT2D eigenvalue weighted by molar-refractivity contribution is 5.92. The molecule has 19 heavy (non-hydrogen) atoms. The van der Waals surface area contributed by atoms with E-state index in [1.54, 1.807) is 32.4 Å². The molecule has 0 N–H and O–H groups in total. The largest absolute Gasteiger partial charge is 0.496 e. The Balaban J connectivity index is 2.18. The van der Waals surface area contributed by atoms with Crippen molar-refractivity contribution >= 4 is 5.78 Å². The lowest BCUT2D eigenvalue weighted by molar-refractivity contribution is -0.150. The molecule has 104 valence electrons. The third-order valence-electron chi connectivity index (χ3n) is 4.06. The van der Waals surface area contributed by atoms with Gasteiger partial charge in [0.05, 0.1) is 19.6 Å². The predicted octanol–water partition coefficient (Wildman–Crippen LogP) is 2.84. The summed E-state index contributed by atoms with van der Waals surface area (Å²) in [7, 11) is 3.20. The maximum Gasteiger partial charge on any atom is 0.146 e. The van der Waals surface area contributed by atoms with Crippen molar-refractivity contribution < 1.29 is 19.0 Å². The highest BCUT2D eigenvalue weighted by atomic mass is 16.5. The third-order valence-corrected chi connectivity index (χ3v) is 4.06. The molecule has 1 saturated carbocycles. The second kappa shape index (κ2) is 5.11. The molecule has 0 spiro atoms. The van der Waals surface area contributed by atoms with E-state index < -0.39 is 0 Å². The van der Waals surface area contributed by atoms with Crippen molar-refractivity contribution in [3.63, 3.8) is 0 Å². The van der Waals surface area contributed by atoms with Gasteiger partial charge >= 0.3 is 0 Å². The second-order valence-electron chi connectivity index (χ2n) is 5.05. The zero-order valence-electron chi connectivity index (χ0n) is 11.9. The van der Waals surface area contributed by atoms with Gasteiger partial charge in [-0.15, -0.1) is 0 Å². The molecule has 2 rings (SSSR count). The monoisotopic (exact) mass is 264 g/mol. The fourth-order valence-electron chi connectivity index (χ4n) is 2.29. The molecule has 0 heterocycles. The average molecular weight is 264 g/mol. The first-order valence-electron chi connectivity index (χ1n) is 6.46. The summed E-state index contributed by atoms with van der Waals surface area (Å²) in [6.07, 6.45) is 1.20. The Kier molecular flexibility index (Phi) is 3.69. The maximum absolute atomic E-state index is 11.7. The Morgan fingerprint density at radius 3 is 2.11 bits per heavy atom. The average Bonchev–Trinajstić information content (AvgIpc) is 2.45. The zero-order chi connectivity index (χ0) is 14.0. The summed E-state index contributed by atoms with van der Waals surface area (Å²) < 4.78 is 16.3. The normalized spacial score (nSPS) is 25.7. The number of Topliss-reactive ketones (excluding diaryl/α,β-unsaturated/α-hetero) is 1. The minimum absolute atomic E-state index is 0.0678. The summed E-state index contributed by atoms with van der Waals surface area (Å²) in [6.45, 7) is 3.97. The Labute approximate surface area is 113 Å². The van der Waals surface area contributed by atoms with Crippen molar-refractivity contribution in [2.75, 3.05) is 14.2 Å². The fourth-order valence-corrected chi connectivity index (χ4v) is 2.29. The van der Waals surface area contributed by atoms with Gasteiger partial charge in [-0.1, -0.05) is 6.92 Å². The van der Waals surface area contributed by atoms with Crippen LogP contribution in [-0.4, -0.2) is 26.1 Å². The van der Waals surface area contributed by atoms with Crippen LogP contribution in [0, 0.1) is 5.41 Å². The summed E-state index contributed by atoms with van der Waals surface area (Å²) in [6, 6.07) is 5.40. The number of methoxy groups -OCH3 is 2. The topological polar surface area (TPSA) is 44.8 Å². The van der Waals surface area contributed by atoms with Gasteiger partial charge in [0.2, 0.25) is 0 Å². The number of carbonyl (C=O) groups is 1. The van der Waals surface area contributed by atoms with Crippen LogP contribution in [0.2, 0.25) is 0 Å². The maximum atomic E-state index is 11.7. The minimum atomic E-state index is -0.365. The van der Waals surface area contributed by atoms with E-state index in [9.17, 15) is 4.79 Å². The molecule has 4 nitrogen and oxygen atoms in total. The standard InChI is InChI=1S/C15H20O4/c1-5-15(2)13(16)9-14(15)19-12-7-10(17-3)6-11(8-12)18-4/h6-8,14H,5,9H2,1-4H3. The van der Waals surface area contributed by atoms with E-state index in [1.807, 2.05) is 13.8 Å². The van der Waals surface area contributed by atoms with Crippen LogP contribution < -0.4 is 14.2 Å². The number of benzene rings is 1. The van der Waals surface area contributed by atoms with Crippen molar-refractivity contribution in [1.29, 1.82) is 0 Å². The molecule has 4 heteroatoms. The number of rotatable bonds is 5. The Hall–Kier alpha value is -1.71. The van der Waals surface area contributed by atoms with E-state index in [-0.39, 0.29) is 17.3 Å². The van der Waals surface area contributed by atoms with E-state index in [4.69, 9.17) is 14.2 Å². The summed E-state index contributed by atoms with van der Waals surface area (Å²) in [4.78, 5) is 11.7. The highest BCUT2D eigenvalue weighted by Gasteiger charge is 2.51. The van der Waals surface area contributed by atoms with Crippen molar-refractivity contribution in [3.05, 3.63) is 18.2 Å². The molecule has 2 unspecified atom stereocenters. The molecule has 2 atom stereocenters. The number of hydrogen-bond donors (Lipinski definition) is 0. The van der Waals surface area contributed by atoms with Crippen molar-refractivity contribution in [2.24, 2.45) is 5.41 Å². The molecule has 1 aromatic rings. The second-order valence-corrected chi connectivity index (χ2v) is 5.05. The Morgan fingerprint density at radius 1 is 1.16 bits per heavy atom. The van der Waals surface area contributed by atoms with Gasteiger partial charge in [-0.25, -0.2) is 0 Å². The van der Waals surface area contributed by atoms with Crippen LogP contribution in [0.25, 0.3) is 0 Å². The molecule has 1 aliphatic carbocycles.